The Hall–Kier alpha value is -1.21. The Kier molecular flexibility index (Phi) is 5.31. The lowest BCUT2D eigenvalue weighted by molar-refractivity contribution is 0.806. The van der Waals surface area contributed by atoms with Gasteiger partial charge in [-0.1, -0.05) is 69.5 Å². The molecule has 0 bridgehead atoms. The third-order valence-corrected chi connectivity index (χ3v) is 3.88. The molecule has 0 aliphatic rings. The minimum Gasteiger partial charge on any atom is -0.375 e. The molecule has 0 fully saturated rings. The van der Waals surface area contributed by atoms with Crippen molar-refractivity contribution in [2.45, 2.75) is 12.5 Å². The lowest BCUT2D eigenvalue weighted by atomic mass is 10.0. The second kappa shape index (κ2) is 6.99. The fourth-order valence-electron chi connectivity index (χ4n) is 1.88. The highest BCUT2D eigenvalue weighted by Crippen LogP contribution is 2.36. The van der Waals surface area contributed by atoms with Gasteiger partial charge in [0.05, 0.1) is 34.3 Å². The van der Waals surface area contributed by atoms with Crippen LogP contribution in [0.15, 0.2) is 46.9 Å². The molecule has 0 saturated heterocycles. The van der Waals surface area contributed by atoms with Crippen molar-refractivity contribution in [3.8, 4) is 6.07 Å². The van der Waals surface area contributed by atoms with Crippen LogP contribution in [0, 0.1) is 11.3 Å². The predicted octanol–water partition coefficient (Wildman–Crippen LogP) is 5.82. The number of halogens is 3. The number of anilines is 1. The van der Waals surface area contributed by atoms with Gasteiger partial charge in [-0.05, 0) is 17.7 Å². The smallest absolute Gasteiger partial charge is 0.0724 e. The van der Waals surface area contributed by atoms with Gasteiger partial charge in [-0.25, -0.2) is 0 Å². The van der Waals surface area contributed by atoms with Gasteiger partial charge < -0.3 is 5.32 Å². The molecule has 0 aromatic heterocycles. The molecule has 2 aromatic rings. The van der Waals surface area contributed by atoms with E-state index in [-0.39, 0.29) is 6.04 Å². The summed E-state index contributed by atoms with van der Waals surface area (Å²) in [6.07, 6.45) is 0.326. The second-order valence-corrected chi connectivity index (χ2v) is 5.94. The van der Waals surface area contributed by atoms with Gasteiger partial charge in [-0.3, -0.25) is 0 Å². The molecule has 20 heavy (non-hydrogen) atoms. The molecule has 1 atom stereocenters. The Morgan fingerprint density at radius 1 is 1.15 bits per heavy atom. The summed E-state index contributed by atoms with van der Waals surface area (Å²) in [5, 5.41) is 13.3. The molecular formula is C15H11BrCl2N2. The van der Waals surface area contributed by atoms with Gasteiger partial charge in [-0.2, -0.15) is 5.26 Å². The standard InChI is InChI=1S/C15H11BrCl2N2/c16-11-8-12(17)15(13(18)9-11)20-14(6-7-19)10-4-2-1-3-5-10/h1-5,8-9,14,20H,6H2. The van der Waals surface area contributed by atoms with Gasteiger partial charge in [0.1, 0.15) is 0 Å². The van der Waals surface area contributed by atoms with Crippen LogP contribution in [0.2, 0.25) is 10.0 Å². The summed E-state index contributed by atoms with van der Waals surface area (Å²) >= 11 is 15.8. The van der Waals surface area contributed by atoms with Crippen LogP contribution in [0.1, 0.15) is 18.0 Å². The molecule has 1 N–H and O–H groups in total. The first kappa shape index (κ1) is 15.2. The van der Waals surface area contributed by atoms with Crippen molar-refractivity contribution in [2.24, 2.45) is 0 Å². The minimum atomic E-state index is -0.155. The maximum atomic E-state index is 9.00. The van der Waals surface area contributed by atoms with Gasteiger partial charge in [-0.15, -0.1) is 0 Å². The fraction of sp³-hybridized carbons (Fsp3) is 0.133. The molecule has 2 rings (SSSR count). The zero-order valence-corrected chi connectivity index (χ0v) is 13.5. The van der Waals surface area contributed by atoms with E-state index in [4.69, 9.17) is 28.5 Å². The highest BCUT2D eigenvalue weighted by atomic mass is 79.9. The lowest BCUT2D eigenvalue weighted by Crippen LogP contribution is -2.10. The lowest BCUT2D eigenvalue weighted by Gasteiger charge is -2.19. The first-order chi connectivity index (χ1) is 9.61. The van der Waals surface area contributed by atoms with Crippen LogP contribution < -0.4 is 5.32 Å². The van der Waals surface area contributed by atoms with E-state index >= 15 is 0 Å². The van der Waals surface area contributed by atoms with Crippen molar-refractivity contribution in [1.82, 2.24) is 0 Å². The molecule has 0 radical (unpaired) electrons. The Bertz CT molecular complexity index is 615. The van der Waals surface area contributed by atoms with E-state index in [9.17, 15) is 0 Å². The molecule has 0 saturated carbocycles. The van der Waals surface area contributed by atoms with Crippen molar-refractivity contribution >= 4 is 44.8 Å². The summed E-state index contributed by atoms with van der Waals surface area (Å²) in [5.41, 5.74) is 1.66. The summed E-state index contributed by atoms with van der Waals surface area (Å²) in [6.45, 7) is 0. The molecule has 0 aliphatic carbocycles. The summed E-state index contributed by atoms with van der Waals surface area (Å²) in [5.74, 6) is 0. The molecule has 0 amide bonds. The first-order valence-electron chi connectivity index (χ1n) is 5.95. The van der Waals surface area contributed by atoms with Crippen molar-refractivity contribution in [1.29, 1.82) is 5.26 Å². The highest BCUT2D eigenvalue weighted by molar-refractivity contribution is 9.10. The van der Waals surface area contributed by atoms with Gasteiger partial charge in [0.15, 0.2) is 0 Å². The third kappa shape index (κ3) is 3.67. The van der Waals surface area contributed by atoms with Crippen LogP contribution in [-0.4, -0.2) is 0 Å². The Labute approximate surface area is 136 Å². The predicted molar refractivity (Wildman–Crippen MR) is 87.2 cm³/mol. The maximum Gasteiger partial charge on any atom is 0.0724 e. The minimum absolute atomic E-state index is 0.155. The number of hydrogen-bond donors (Lipinski definition) is 1. The summed E-state index contributed by atoms with van der Waals surface area (Å²) < 4.78 is 0.814. The zero-order chi connectivity index (χ0) is 14.5. The number of nitrogens with one attached hydrogen (secondary N) is 1. The van der Waals surface area contributed by atoms with Crippen LogP contribution in [0.3, 0.4) is 0 Å². The van der Waals surface area contributed by atoms with Crippen LogP contribution in [0.5, 0.6) is 0 Å². The van der Waals surface area contributed by atoms with Gasteiger partial charge >= 0.3 is 0 Å². The molecule has 0 spiro atoms. The Morgan fingerprint density at radius 3 is 2.30 bits per heavy atom. The average molecular weight is 370 g/mol. The monoisotopic (exact) mass is 368 g/mol. The largest absolute Gasteiger partial charge is 0.375 e. The number of hydrogen-bond acceptors (Lipinski definition) is 2. The average Bonchev–Trinajstić information content (AvgIpc) is 2.42. The van der Waals surface area contributed by atoms with Gasteiger partial charge in [0.2, 0.25) is 0 Å². The molecule has 0 aliphatic heterocycles. The molecule has 5 heteroatoms. The van der Waals surface area contributed by atoms with Crippen LogP contribution in [-0.2, 0) is 0 Å². The number of benzene rings is 2. The molecule has 2 nitrogen and oxygen atoms in total. The zero-order valence-electron chi connectivity index (χ0n) is 10.4. The van der Waals surface area contributed by atoms with E-state index in [1.165, 1.54) is 0 Å². The van der Waals surface area contributed by atoms with Crippen molar-refractivity contribution in [2.75, 3.05) is 5.32 Å². The fourth-order valence-corrected chi connectivity index (χ4v) is 3.20. The van der Waals surface area contributed by atoms with Crippen LogP contribution in [0.25, 0.3) is 0 Å². The number of nitriles is 1. The summed E-state index contributed by atoms with van der Waals surface area (Å²) in [4.78, 5) is 0. The number of nitrogens with zero attached hydrogens (tertiary/aromatic N) is 1. The highest BCUT2D eigenvalue weighted by Gasteiger charge is 2.15. The second-order valence-electron chi connectivity index (χ2n) is 4.21. The van der Waals surface area contributed by atoms with E-state index in [0.29, 0.717) is 22.2 Å². The topological polar surface area (TPSA) is 35.8 Å². The Morgan fingerprint density at radius 2 is 1.75 bits per heavy atom. The quantitative estimate of drug-likeness (QED) is 0.736. The summed E-state index contributed by atoms with van der Waals surface area (Å²) in [6, 6.07) is 15.3. The van der Waals surface area contributed by atoms with Crippen LogP contribution >= 0.6 is 39.1 Å². The van der Waals surface area contributed by atoms with E-state index in [2.05, 4.69) is 27.3 Å². The van der Waals surface area contributed by atoms with Crippen molar-refractivity contribution < 1.29 is 0 Å². The van der Waals surface area contributed by atoms with Gasteiger partial charge in [0, 0.05) is 4.47 Å². The molecule has 2 aromatic carbocycles. The molecule has 102 valence electrons. The van der Waals surface area contributed by atoms with Crippen molar-refractivity contribution in [3.05, 3.63) is 62.5 Å². The molecular weight excluding hydrogens is 359 g/mol. The van der Waals surface area contributed by atoms with E-state index in [1.807, 2.05) is 30.3 Å². The number of rotatable bonds is 4. The Balaban J connectivity index is 2.33. The SMILES string of the molecule is N#CCC(Nc1c(Cl)cc(Br)cc1Cl)c1ccccc1. The van der Waals surface area contributed by atoms with Gasteiger partial charge in [0.25, 0.3) is 0 Å². The van der Waals surface area contributed by atoms with E-state index < -0.39 is 0 Å². The summed E-state index contributed by atoms with van der Waals surface area (Å²) in [7, 11) is 0. The third-order valence-electron chi connectivity index (χ3n) is 2.82. The maximum absolute atomic E-state index is 9.00. The van der Waals surface area contributed by atoms with Crippen LogP contribution in [0.4, 0.5) is 5.69 Å². The normalized spacial score (nSPS) is 11.7. The first-order valence-corrected chi connectivity index (χ1v) is 7.49. The van der Waals surface area contributed by atoms with Crippen molar-refractivity contribution in [3.63, 3.8) is 0 Å². The van der Waals surface area contributed by atoms with E-state index in [0.717, 1.165) is 10.0 Å². The van der Waals surface area contributed by atoms with E-state index in [1.54, 1.807) is 12.1 Å². The molecule has 0 heterocycles. The molecule has 1 unspecified atom stereocenters.